The van der Waals surface area contributed by atoms with E-state index in [2.05, 4.69) is 17.3 Å². The van der Waals surface area contributed by atoms with Gasteiger partial charge in [0.25, 0.3) is 0 Å². The standard InChI is InChI=1S/C8H14N2O.C2H6/c1-10-4-2-3-8(6-10)5-7(11)9-8;1-2/h2-6H2,1H3,(H,9,11);1-2H3. The van der Waals surface area contributed by atoms with Gasteiger partial charge < -0.3 is 10.2 Å². The van der Waals surface area contributed by atoms with Gasteiger partial charge in [0.2, 0.25) is 5.91 Å². The molecule has 1 unspecified atom stereocenters. The van der Waals surface area contributed by atoms with E-state index in [1.807, 2.05) is 13.8 Å². The molecule has 2 heterocycles. The molecule has 0 radical (unpaired) electrons. The summed E-state index contributed by atoms with van der Waals surface area (Å²) in [5, 5.41) is 3.01. The van der Waals surface area contributed by atoms with Crippen LogP contribution in [0.3, 0.4) is 0 Å². The highest BCUT2D eigenvalue weighted by Crippen LogP contribution is 2.29. The molecule has 13 heavy (non-hydrogen) atoms. The van der Waals surface area contributed by atoms with Crippen molar-refractivity contribution in [3.8, 4) is 0 Å². The van der Waals surface area contributed by atoms with Gasteiger partial charge in [0.1, 0.15) is 0 Å². The molecule has 1 amide bonds. The molecule has 3 nitrogen and oxygen atoms in total. The van der Waals surface area contributed by atoms with Gasteiger partial charge in [-0.05, 0) is 26.4 Å². The van der Waals surface area contributed by atoms with E-state index in [0.29, 0.717) is 0 Å². The first kappa shape index (κ1) is 10.5. The first-order valence-corrected chi connectivity index (χ1v) is 5.20. The van der Waals surface area contributed by atoms with E-state index in [1.54, 1.807) is 0 Å². The van der Waals surface area contributed by atoms with Crippen LogP contribution < -0.4 is 5.32 Å². The maximum atomic E-state index is 10.7. The Bertz CT molecular complexity index is 183. The van der Waals surface area contributed by atoms with Gasteiger partial charge in [-0.15, -0.1) is 0 Å². The van der Waals surface area contributed by atoms with Crippen LogP contribution in [0.1, 0.15) is 33.1 Å². The summed E-state index contributed by atoms with van der Waals surface area (Å²) < 4.78 is 0. The van der Waals surface area contributed by atoms with Gasteiger partial charge in [-0.2, -0.15) is 0 Å². The first-order chi connectivity index (χ1) is 6.20. The molecule has 76 valence electrons. The van der Waals surface area contributed by atoms with Crippen molar-refractivity contribution in [2.45, 2.75) is 38.6 Å². The molecule has 2 aliphatic heterocycles. The predicted octanol–water partition coefficient (Wildman–Crippen LogP) is 0.997. The third kappa shape index (κ3) is 2.21. The number of nitrogens with zero attached hydrogens (tertiary/aromatic N) is 1. The minimum Gasteiger partial charge on any atom is -0.349 e. The Labute approximate surface area is 80.5 Å². The number of β-lactam (4-membered cyclic amide) rings is 1. The average Bonchev–Trinajstić information content (AvgIpc) is 2.05. The number of piperidine rings is 1. The molecular formula is C10H20N2O. The van der Waals surface area contributed by atoms with Crippen molar-refractivity contribution in [2.24, 2.45) is 0 Å². The molecule has 1 N–H and O–H groups in total. The largest absolute Gasteiger partial charge is 0.349 e. The molecule has 0 aromatic heterocycles. The molecule has 0 aromatic carbocycles. The van der Waals surface area contributed by atoms with E-state index < -0.39 is 0 Å². The van der Waals surface area contributed by atoms with E-state index in [0.717, 1.165) is 13.0 Å². The van der Waals surface area contributed by atoms with Gasteiger partial charge in [-0.25, -0.2) is 0 Å². The third-order valence-corrected chi connectivity index (χ3v) is 2.67. The average molecular weight is 184 g/mol. The fraction of sp³-hybridized carbons (Fsp3) is 0.900. The minimum atomic E-state index is 0.171. The number of likely N-dealkylation sites (N-methyl/N-ethyl adjacent to an activating group) is 1. The van der Waals surface area contributed by atoms with Crippen molar-refractivity contribution in [2.75, 3.05) is 20.1 Å². The summed E-state index contributed by atoms with van der Waals surface area (Å²) in [6, 6.07) is 0. The Kier molecular flexibility index (Phi) is 3.31. The summed E-state index contributed by atoms with van der Waals surface area (Å²) in [4.78, 5) is 13.0. The number of rotatable bonds is 0. The second kappa shape index (κ2) is 4.09. The second-order valence-electron chi connectivity index (χ2n) is 3.85. The van der Waals surface area contributed by atoms with Crippen molar-refractivity contribution in [3.05, 3.63) is 0 Å². The lowest BCUT2D eigenvalue weighted by Crippen LogP contribution is -2.67. The van der Waals surface area contributed by atoms with Crippen molar-refractivity contribution in [1.29, 1.82) is 0 Å². The Balaban J connectivity index is 0.000000396. The van der Waals surface area contributed by atoms with Crippen LogP contribution in [-0.2, 0) is 4.79 Å². The highest BCUT2D eigenvalue weighted by molar-refractivity contribution is 5.84. The van der Waals surface area contributed by atoms with E-state index in [4.69, 9.17) is 0 Å². The van der Waals surface area contributed by atoms with Crippen LogP contribution in [0.5, 0.6) is 0 Å². The van der Waals surface area contributed by atoms with E-state index in [1.165, 1.54) is 19.4 Å². The van der Waals surface area contributed by atoms with Crippen LogP contribution >= 0.6 is 0 Å². The molecule has 3 heteroatoms. The van der Waals surface area contributed by atoms with Crippen molar-refractivity contribution < 1.29 is 4.79 Å². The SMILES string of the molecule is CC.CN1CCCC2(CC(=O)N2)C1. The lowest BCUT2D eigenvalue weighted by atomic mass is 9.80. The van der Waals surface area contributed by atoms with E-state index >= 15 is 0 Å². The van der Waals surface area contributed by atoms with Crippen molar-refractivity contribution >= 4 is 5.91 Å². The normalized spacial score (nSPS) is 33.0. The second-order valence-corrected chi connectivity index (χ2v) is 3.85. The summed E-state index contributed by atoms with van der Waals surface area (Å²) in [7, 11) is 2.12. The lowest BCUT2D eigenvalue weighted by Gasteiger charge is -2.47. The van der Waals surface area contributed by atoms with Crippen LogP contribution in [0.4, 0.5) is 0 Å². The Morgan fingerprint density at radius 1 is 1.46 bits per heavy atom. The molecule has 2 rings (SSSR count). The zero-order chi connectivity index (χ0) is 9.90. The van der Waals surface area contributed by atoms with Gasteiger partial charge in [-0.1, -0.05) is 13.8 Å². The molecule has 0 saturated carbocycles. The fourth-order valence-corrected chi connectivity index (χ4v) is 2.19. The van der Waals surface area contributed by atoms with Gasteiger partial charge in [0.05, 0.1) is 12.0 Å². The minimum absolute atomic E-state index is 0.171. The molecule has 0 aromatic rings. The zero-order valence-electron chi connectivity index (χ0n) is 8.89. The Morgan fingerprint density at radius 2 is 2.08 bits per heavy atom. The van der Waals surface area contributed by atoms with Crippen LogP contribution in [0.15, 0.2) is 0 Å². The molecule has 1 atom stereocenters. The molecule has 2 fully saturated rings. The molecule has 0 aliphatic carbocycles. The van der Waals surface area contributed by atoms with Crippen molar-refractivity contribution in [1.82, 2.24) is 10.2 Å². The lowest BCUT2D eigenvalue weighted by molar-refractivity contribution is -0.134. The number of likely N-dealkylation sites (tertiary alicyclic amines) is 1. The number of hydrogen-bond acceptors (Lipinski definition) is 2. The van der Waals surface area contributed by atoms with Crippen LogP contribution in [0.25, 0.3) is 0 Å². The van der Waals surface area contributed by atoms with E-state index in [9.17, 15) is 4.79 Å². The highest BCUT2D eigenvalue weighted by atomic mass is 16.2. The molecule has 2 saturated heterocycles. The maximum Gasteiger partial charge on any atom is 0.222 e. The molecule has 0 bridgehead atoms. The summed E-state index contributed by atoms with van der Waals surface area (Å²) >= 11 is 0. The third-order valence-electron chi connectivity index (χ3n) is 2.67. The number of amides is 1. The van der Waals surface area contributed by atoms with Crippen LogP contribution in [-0.4, -0.2) is 36.5 Å². The summed E-state index contributed by atoms with van der Waals surface area (Å²) in [5.41, 5.74) is 0.171. The molecular weight excluding hydrogens is 164 g/mol. The fourth-order valence-electron chi connectivity index (χ4n) is 2.19. The van der Waals surface area contributed by atoms with Gasteiger partial charge in [0, 0.05) is 6.54 Å². The summed E-state index contributed by atoms with van der Waals surface area (Å²) in [6.45, 7) is 6.22. The van der Waals surface area contributed by atoms with Crippen LogP contribution in [0, 0.1) is 0 Å². The van der Waals surface area contributed by atoms with Crippen molar-refractivity contribution in [3.63, 3.8) is 0 Å². The number of hydrogen-bond donors (Lipinski definition) is 1. The Morgan fingerprint density at radius 3 is 2.54 bits per heavy atom. The van der Waals surface area contributed by atoms with E-state index in [-0.39, 0.29) is 11.4 Å². The number of nitrogens with one attached hydrogen (secondary N) is 1. The monoisotopic (exact) mass is 184 g/mol. The smallest absolute Gasteiger partial charge is 0.222 e. The Hall–Kier alpha value is -0.570. The van der Waals surface area contributed by atoms with Crippen LogP contribution in [0.2, 0.25) is 0 Å². The highest BCUT2D eigenvalue weighted by Gasteiger charge is 2.44. The summed E-state index contributed by atoms with van der Waals surface area (Å²) in [6.07, 6.45) is 3.14. The summed E-state index contributed by atoms with van der Waals surface area (Å²) in [5.74, 6) is 0.223. The topological polar surface area (TPSA) is 32.3 Å². The predicted molar refractivity (Wildman–Crippen MR) is 53.6 cm³/mol. The maximum absolute atomic E-state index is 10.7. The van der Waals surface area contributed by atoms with Gasteiger partial charge in [-0.3, -0.25) is 4.79 Å². The molecule has 1 spiro atoms. The molecule has 2 aliphatic rings. The number of carbonyl (C=O) groups is 1. The number of carbonyl (C=O) groups excluding carboxylic acids is 1. The quantitative estimate of drug-likeness (QED) is 0.570. The van der Waals surface area contributed by atoms with Gasteiger partial charge in [0.15, 0.2) is 0 Å². The zero-order valence-corrected chi connectivity index (χ0v) is 8.89. The van der Waals surface area contributed by atoms with Gasteiger partial charge >= 0.3 is 0 Å². The first-order valence-electron chi connectivity index (χ1n) is 5.20.